The van der Waals surface area contributed by atoms with Crippen molar-refractivity contribution >= 4 is 0 Å². The second-order valence-corrected chi connectivity index (χ2v) is 6.94. The smallest absolute Gasteiger partial charge is 0.0992 e. The summed E-state index contributed by atoms with van der Waals surface area (Å²) in [6.07, 6.45) is 8.85. The third kappa shape index (κ3) is 3.05. The van der Waals surface area contributed by atoms with Crippen molar-refractivity contribution in [3.8, 4) is 0 Å². The summed E-state index contributed by atoms with van der Waals surface area (Å²) >= 11 is 0. The molecule has 3 fully saturated rings. The van der Waals surface area contributed by atoms with Gasteiger partial charge in [0.1, 0.15) is 0 Å². The molecule has 3 atom stereocenters. The zero-order valence-electron chi connectivity index (χ0n) is 13.2. The van der Waals surface area contributed by atoms with Crippen LogP contribution in [0.4, 0.5) is 0 Å². The highest BCUT2D eigenvalue weighted by Gasteiger charge is 2.43. The van der Waals surface area contributed by atoms with Crippen molar-refractivity contribution in [2.45, 2.75) is 57.0 Å². The fourth-order valence-corrected chi connectivity index (χ4v) is 4.06. The van der Waals surface area contributed by atoms with E-state index in [-0.39, 0.29) is 12.2 Å². The summed E-state index contributed by atoms with van der Waals surface area (Å²) in [5, 5.41) is 0. The van der Waals surface area contributed by atoms with Crippen molar-refractivity contribution in [1.82, 2.24) is 9.88 Å². The lowest BCUT2D eigenvalue weighted by Crippen LogP contribution is -2.54. The summed E-state index contributed by atoms with van der Waals surface area (Å²) in [7, 11) is 0. The molecule has 0 bridgehead atoms. The van der Waals surface area contributed by atoms with Crippen LogP contribution in [0.2, 0.25) is 0 Å². The van der Waals surface area contributed by atoms with Gasteiger partial charge in [0.05, 0.1) is 24.5 Å². The quantitative estimate of drug-likeness (QED) is 0.837. The second-order valence-electron chi connectivity index (χ2n) is 6.94. The van der Waals surface area contributed by atoms with Gasteiger partial charge >= 0.3 is 0 Å². The van der Waals surface area contributed by atoms with E-state index < -0.39 is 0 Å². The Bertz CT molecular complexity index is 477. The molecule has 0 N–H and O–H groups in total. The lowest BCUT2D eigenvalue weighted by molar-refractivity contribution is -0.107. The van der Waals surface area contributed by atoms with E-state index in [9.17, 15) is 0 Å². The Labute approximate surface area is 132 Å². The molecular weight excluding hydrogens is 276 g/mol. The zero-order chi connectivity index (χ0) is 14.8. The molecule has 120 valence electrons. The number of aromatic nitrogens is 1. The first-order valence-corrected chi connectivity index (χ1v) is 8.77. The Hall–Kier alpha value is -0.970. The van der Waals surface area contributed by atoms with Crippen molar-refractivity contribution in [2.24, 2.45) is 5.92 Å². The van der Waals surface area contributed by atoms with Crippen LogP contribution < -0.4 is 0 Å². The molecule has 4 heteroatoms. The van der Waals surface area contributed by atoms with Crippen molar-refractivity contribution in [2.75, 3.05) is 19.7 Å². The molecule has 0 spiro atoms. The van der Waals surface area contributed by atoms with E-state index in [1.807, 2.05) is 24.4 Å². The lowest BCUT2D eigenvalue weighted by atomic mass is 9.83. The molecule has 0 amide bonds. The molecule has 2 aliphatic heterocycles. The van der Waals surface area contributed by atoms with Gasteiger partial charge in [0.25, 0.3) is 0 Å². The first kappa shape index (κ1) is 14.6. The molecular formula is C18H26N2O2. The van der Waals surface area contributed by atoms with E-state index in [1.165, 1.54) is 32.2 Å². The van der Waals surface area contributed by atoms with E-state index in [0.29, 0.717) is 12.6 Å². The number of ether oxygens (including phenoxy) is 2. The number of piperidine rings is 1. The minimum Gasteiger partial charge on any atom is -0.374 e. The van der Waals surface area contributed by atoms with Gasteiger partial charge in [0.15, 0.2) is 0 Å². The summed E-state index contributed by atoms with van der Waals surface area (Å²) in [4.78, 5) is 7.03. The van der Waals surface area contributed by atoms with Gasteiger partial charge in [-0.25, -0.2) is 0 Å². The molecule has 4 rings (SSSR count). The number of fused-ring (bicyclic) bond motifs is 1. The van der Waals surface area contributed by atoms with Gasteiger partial charge in [-0.15, -0.1) is 0 Å². The number of hydrogen-bond acceptors (Lipinski definition) is 4. The summed E-state index contributed by atoms with van der Waals surface area (Å²) in [6.45, 7) is 3.92. The van der Waals surface area contributed by atoms with Crippen molar-refractivity contribution < 1.29 is 9.47 Å². The molecule has 1 aromatic heterocycles. The molecule has 3 aliphatic rings. The van der Waals surface area contributed by atoms with Crippen LogP contribution in [0, 0.1) is 5.92 Å². The normalized spacial score (nSPS) is 32.6. The maximum absolute atomic E-state index is 6.16. The molecule has 4 nitrogen and oxygen atoms in total. The fraction of sp³-hybridized carbons (Fsp3) is 0.722. The van der Waals surface area contributed by atoms with E-state index >= 15 is 0 Å². The summed E-state index contributed by atoms with van der Waals surface area (Å²) in [6, 6.07) is 6.56. The Balaban J connectivity index is 1.34. The highest BCUT2D eigenvalue weighted by Crippen LogP contribution is 2.34. The van der Waals surface area contributed by atoms with Gasteiger partial charge in [-0.3, -0.25) is 9.88 Å². The maximum atomic E-state index is 6.16. The minimum absolute atomic E-state index is 0.229. The second kappa shape index (κ2) is 6.65. The zero-order valence-corrected chi connectivity index (χ0v) is 13.2. The molecule has 22 heavy (non-hydrogen) atoms. The number of pyridine rings is 1. The Morgan fingerprint density at radius 1 is 1.23 bits per heavy atom. The lowest BCUT2D eigenvalue weighted by Gasteiger charge is -2.43. The fourth-order valence-electron chi connectivity index (χ4n) is 4.06. The molecule has 1 aliphatic carbocycles. The highest BCUT2D eigenvalue weighted by molar-refractivity contribution is 5.02. The van der Waals surface area contributed by atoms with E-state index in [4.69, 9.17) is 9.47 Å². The number of likely N-dealkylation sites (tertiary alicyclic amines) is 1. The first-order valence-electron chi connectivity index (χ1n) is 8.77. The standard InChI is InChI=1S/C18H26N2O2/c1-2-9-19-15(6-1)13-22-17-7-10-20(12-14-4-3-5-14)16-8-11-21-18(16)17/h1-2,6,9,14,16-18H,3-5,7-8,10-13H2/t16-,17+,18-/m0/s1. The van der Waals surface area contributed by atoms with Gasteiger partial charge in [0.2, 0.25) is 0 Å². The first-order chi connectivity index (χ1) is 10.9. The van der Waals surface area contributed by atoms with Crippen LogP contribution in [-0.2, 0) is 16.1 Å². The highest BCUT2D eigenvalue weighted by atomic mass is 16.5. The average molecular weight is 302 g/mol. The van der Waals surface area contributed by atoms with Crippen LogP contribution in [0.1, 0.15) is 37.8 Å². The Morgan fingerprint density at radius 2 is 2.18 bits per heavy atom. The molecule has 0 radical (unpaired) electrons. The van der Waals surface area contributed by atoms with Gasteiger partial charge in [-0.2, -0.15) is 0 Å². The number of hydrogen-bond donors (Lipinski definition) is 0. The summed E-state index contributed by atoms with van der Waals surface area (Å²) in [5.41, 5.74) is 1.01. The van der Waals surface area contributed by atoms with E-state index in [0.717, 1.165) is 31.2 Å². The molecule has 1 saturated carbocycles. The third-order valence-electron chi connectivity index (χ3n) is 5.53. The molecule has 0 unspecified atom stereocenters. The molecule has 3 heterocycles. The van der Waals surface area contributed by atoms with E-state index in [2.05, 4.69) is 9.88 Å². The molecule has 1 aromatic rings. The van der Waals surface area contributed by atoms with Gasteiger partial charge < -0.3 is 9.47 Å². The predicted octanol–water partition coefficient (Wildman–Crippen LogP) is 2.63. The molecule has 2 saturated heterocycles. The van der Waals surface area contributed by atoms with Gasteiger partial charge in [-0.05, 0) is 43.7 Å². The number of nitrogens with zero attached hydrogens (tertiary/aromatic N) is 2. The average Bonchev–Trinajstić information content (AvgIpc) is 3.00. The summed E-state index contributed by atoms with van der Waals surface area (Å²) in [5.74, 6) is 0.937. The van der Waals surface area contributed by atoms with Crippen molar-refractivity contribution in [3.05, 3.63) is 30.1 Å². The Morgan fingerprint density at radius 3 is 2.95 bits per heavy atom. The largest absolute Gasteiger partial charge is 0.374 e. The van der Waals surface area contributed by atoms with Crippen molar-refractivity contribution in [3.63, 3.8) is 0 Å². The summed E-state index contributed by atoms with van der Waals surface area (Å²) < 4.78 is 12.2. The van der Waals surface area contributed by atoms with Gasteiger partial charge in [-0.1, -0.05) is 12.5 Å². The number of rotatable bonds is 5. The molecule has 0 aromatic carbocycles. The monoisotopic (exact) mass is 302 g/mol. The van der Waals surface area contributed by atoms with Crippen LogP contribution >= 0.6 is 0 Å². The minimum atomic E-state index is 0.229. The topological polar surface area (TPSA) is 34.6 Å². The SMILES string of the molecule is c1ccc(CO[C@@H]2CCN(CC3CCC3)[C@H]3CCO[C@H]23)nc1. The van der Waals surface area contributed by atoms with Crippen LogP contribution in [0.5, 0.6) is 0 Å². The van der Waals surface area contributed by atoms with Crippen LogP contribution in [-0.4, -0.2) is 47.8 Å². The van der Waals surface area contributed by atoms with Crippen LogP contribution in [0.25, 0.3) is 0 Å². The third-order valence-corrected chi connectivity index (χ3v) is 5.53. The van der Waals surface area contributed by atoms with Crippen molar-refractivity contribution in [1.29, 1.82) is 0 Å². The Kier molecular flexibility index (Phi) is 4.42. The van der Waals surface area contributed by atoms with Gasteiger partial charge in [0, 0.05) is 31.9 Å². The maximum Gasteiger partial charge on any atom is 0.0992 e. The van der Waals surface area contributed by atoms with Crippen LogP contribution in [0.3, 0.4) is 0 Å². The predicted molar refractivity (Wildman–Crippen MR) is 84.5 cm³/mol. The van der Waals surface area contributed by atoms with Crippen LogP contribution in [0.15, 0.2) is 24.4 Å². The van der Waals surface area contributed by atoms with E-state index in [1.54, 1.807) is 0 Å².